The van der Waals surface area contributed by atoms with E-state index < -0.39 is 6.36 Å². The van der Waals surface area contributed by atoms with Gasteiger partial charge < -0.3 is 9.64 Å². The summed E-state index contributed by atoms with van der Waals surface area (Å²) in [5.74, 6) is -0.210. The molecular formula is C34H32F3N7O3. The Balaban J connectivity index is 1.05. The van der Waals surface area contributed by atoms with E-state index >= 15 is 0 Å². The summed E-state index contributed by atoms with van der Waals surface area (Å²) in [5.41, 5.74) is 4.54. The number of benzene rings is 3. The Hall–Kier alpha value is -5.43. The molecule has 242 valence electrons. The first kappa shape index (κ1) is 31.5. The Kier molecular flexibility index (Phi) is 9.34. The number of aryl methyl sites for hydroxylation is 1. The lowest BCUT2D eigenvalue weighted by Gasteiger charge is -2.34. The van der Waals surface area contributed by atoms with Crippen molar-refractivity contribution in [2.75, 3.05) is 31.5 Å². The van der Waals surface area contributed by atoms with Gasteiger partial charge in [0.2, 0.25) is 11.9 Å². The third kappa shape index (κ3) is 8.24. The number of ether oxygens (including phenoxy) is 1. The van der Waals surface area contributed by atoms with Crippen molar-refractivity contribution in [2.24, 2.45) is 0 Å². The van der Waals surface area contributed by atoms with Crippen molar-refractivity contribution in [2.45, 2.75) is 25.7 Å². The first-order valence-corrected chi connectivity index (χ1v) is 15.1. The van der Waals surface area contributed by atoms with Crippen LogP contribution in [-0.4, -0.2) is 73.9 Å². The van der Waals surface area contributed by atoms with Gasteiger partial charge in [-0.3, -0.25) is 29.5 Å². The van der Waals surface area contributed by atoms with Gasteiger partial charge in [-0.05, 0) is 47.5 Å². The second-order valence-electron chi connectivity index (χ2n) is 11.1. The summed E-state index contributed by atoms with van der Waals surface area (Å²) in [7, 11) is 0. The standard InChI is InChI=1S/C34H32F3N7O3/c35-34(36,37)47-30-12-9-24(10-13-30)22-42-15-17-43(18-16-42)31(45)14-11-28-23-44(29-7-2-1-3-8-29)33(40-28)41-32(46)26-6-4-5-25(19-26)27-20-38-39-21-27/h1-10,12-13,19-21,23H,11,14-18,22H2,(H,38,39)(H,40,41,46). The summed E-state index contributed by atoms with van der Waals surface area (Å²) >= 11 is 0. The maximum Gasteiger partial charge on any atom is 0.573 e. The molecule has 3 aromatic carbocycles. The monoisotopic (exact) mass is 643 g/mol. The largest absolute Gasteiger partial charge is 0.573 e. The fourth-order valence-corrected chi connectivity index (χ4v) is 5.45. The molecule has 5 aromatic rings. The van der Waals surface area contributed by atoms with Gasteiger partial charge in [0.15, 0.2) is 0 Å². The molecule has 3 heterocycles. The lowest BCUT2D eigenvalue weighted by molar-refractivity contribution is -0.274. The first-order valence-electron chi connectivity index (χ1n) is 15.1. The zero-order valence-electron chi connectivity index (χ0n) is 25.3. The van der Waals surface area contributed by atoms with Crippen LogP contribution in [0.4, 0.5) is 19.1 Å². The molecule has 13 heteroatoms. The predicted molar refractivity (Wildman–Crippen MR) is 169 cm³/mol. The topological polar surface area (TPSA) is 108 Å². The van der Waals surface area contributed by atoms with E-state index in [2.05, 4.69) is 25.2 Å². The molecule has 1 aliphatic rings. The van der Waals surface area contributed by atoms with Crippen LogP contribution in [-0.2, 0) is 17.8 Å². The number of H-pyrrole nitrogens is 1. The number of hydrogen-bond acceptors (Lipinski definition) is 6. The number of halogens is 3. The molecule has 0 atom stereocenters. The van der Waals surface area contributed by atoms with E-state index in [0.717, 1.165) is 22.4 Å². The van der Waals surface area contributed by atoms with Crippen molar-refractivity contribution < 1.29 is 27.5 Å². The highest BCUT2D eigenvalue weighted by Gasteiger charge is 2.31. The van der Waals surface area contributed by atoms with Crippen molar-refractivity contribution in [3.63, 3.8) is 0 Å². The maximum absolute atomic E-state index is 13.3. The number of para-hydroxylation sites is 1. The SMILES string of the molecule is O=C(Nc1nc(CCC(=O)N2CCN(Cc3ccc(OC(F)(F)F)cc3)CC2)cn1-c1ccccc1)c1cccc(-c2cn[nH]c2)c1. The zero-order valence-corrected chi connectivity index (χ0v) is 25.3. The average Bonchev–Trinajstić information content (AvgIpc) is 3.76. The van der Waals surface area contributed by atoms with Crippen LogP contribution in [0.15, 0.2) is 97.5 Å². The Morgan fingerprint density at radius 1 is 0.915 bits per heavy atom. The molecule has 1 aliphatic heterocycles. The van der Waals surface area contributed by atoms with Crippen LogP contribution in [0.1, 0.15) is 28.0 Å². The molecule has 2 amide bonds. The van der Waals surface area contributed by atoms with E-state index in [4.69, 9.17) is 4.98 Å². The van der Waals surface area contributed by atoms with E-state index in [1.165, 1.54) is 12.1 Å². The third-order valence-corrected chi connectivity index (χ3v) is 7.85. The summed E-state index contributed by atoms with van der Waals surface area (Å²) in [6, 6.07) is 22.6. The van der Waals surface area contributed by atoms with Crippen LogP contribution >= 0.6 is 0 Å². The number of nitrogens with one attached hydrogen (secondary N) is 2. The number of anilines is 1. The highest BCUT2D eigenvalue weighted by molar-refractivity contribution is 6.04. The van der Waals surface area contributed by atoms with Gasteiger partial charge in [0.25, 0.3) is 5.91 Å². The van der Waals surface area contributed by atoms with E-state index in [1.807, 2.05) is 53.6 Å². The van der Waals surface area contributed by atoms with Crippen molar-refractivity contribution >= 4 is 17.8 Å². The van der Waals surface area contributed by atoms with E-state index in [-0.39, 0.29) is 24.0 Å². The molecule has 0 spiro atoms. The summed E-state index contributed by atoms with van der Waals surface area (Å²) < 4.78 is 43.0. The van der Waals surface area contributed by atoms with Gasteiger partial charge in [-0.2, -0.15) is 5.10 Å². The number of hydrogen-bond donors (Lipinski definition) is 2. The van der Waals surface area contributed by atoms with Gasteiger partial charge in [-0.15, -0.1) is 13.2 Å². The lowest BCUT2D eigenvalue weighted by Crippen LogP contribution is -2.48. The number of aromatic nitrogens is 4. The molecule has 0 unspecified atom stereocenters. The Morgan fingerprint density at radius 2 is 1.68 bits per heavy atom. The van der Waals surface area contributed by atoms with E-state index in [9.17, 15) is 22.8 Å². The zero-order chi connectivity index (χ0) is 32.8. The van der Waals surface area contributed by atoms with E-state index in [1.54, 1.807) is 41.2 Å². The summed E-state index contributed by atoms with van der Waals surface area (Å²) in [6.07, 6.45) is 1.21. The van der Waals surface area contributed by atoms with Crippen molar-refractivity contribution in [3.05, 3.63) is 114 Å². The minimum atomic E-state index is -4.72. The van der Waals surface area contributed by atoms with Gasteiger partial charge in [-0.25, -0.2) is 4.98 Å². The first-order chi connectivity index (χ1) is 22.7. The fourth-order valence-electron chi connectivity index (χ4n) is 5.45. The molecular weight excluding hydrogens is 611 g/mol. The summed E-state index contributed by atoms with van der Waals surface area (Å²) in [5, 5.41) is 9.70. The number of rotatable bonds is 10. The number of aromatic amines is 1. The highest BCUT2D eigenvalue weighted by atomic mass is 19.4. The van der Waals surface area contributed by atoms with Gasteiger partial charge in [0.1, 0.15) is 5.75 Å². The van der Waals surface area contributed by atoms with Crippen molar-refractivity contribution in [3.8, 4) is 22.6 Å². The number of carbonyl (C=O) groups is 2. The number of carbonyl (C=O) groups excluding carboxylic acids is 2. The minimum Gasteiger partial charge on any atom is -0.406 e. The molecule has 1 fully saturated rings. The van der Waals surface area contributed by atoms with E-state index in [0.29, 0.717) is 56.4 Å². The molecule has 2 aromatic heterocycles. The van der Waals surface area contributed by atoms with Crippen LogP contribution in [0.5, 0.6) is 5.75 Å². The molecule has 0 bridgehead atoms. The molecule has 6 rings (SSSR count). The normalized spacial score (nSPS) is 13.8. The summed E-state index contributed by atoms with van der Waals surface area (Å²) in [6.45, 7) is 2.95. The summed E-state index contributed by atoms with van der Waals surface area (Å²) in [4.78, 5) is 35.1. The molecule has 0 saturated carbocycles. The minimum absolute atomic E-state index is 0.00853. The molecule has 2 N–H and O–H groups in total. The third-order valence-electron chi connectivity index (χ3n) is 7.85. The predicted octanol–water partition coefficient (Wildman–Crippen LogP) is 5.69. The van der Waals surface area contributed by atoms with Crippen LogP contribution in [0.25, 0.3) is 16.8 Å². The van der Waals surface area contributed by atoms with Gasteiger partial charge >= 0.3 is 6.36 Å². The Labute approximate surface area is 268 Å². The Bertz CT molecular complexity index is 1800. The number of nitrogens with zero attached hydrogens (tertiary/aromatic N) is 5. The van der Waals surface area contributed by atoms with Crippen molar-refractivity contribution in [1.82, 2.24) is 29.5 Å². The second-order valence-corrected chi connectivity index (χ2v) is 11.1. The fraction of sp³-hybridized carbons (Fsp3) is 0.235. The lowest BCUT2D eigenvalue weighted by atomic mass is 10.1. The number of piperazine rings is 1. The number of amides is 2. The van der Waals surface area contributed by atoms with Crippen LogP contribution < -0.4 is 10.1 Å². The molecule has 1 saturated heterocycles. The number of imidazole rings is 1. The van der Waals surface area contributed by atoms with Gasteiger partial charge in [0, 0.05) is 74.8 Å². The number of alkyl halides is 3. The molecule has 0 aliphatic carbocycles. The highest BCUT2D eigenvalue weighted by Crippen LogP contribution is 2.24. The molecule has 10 nitrogen and oxygen atoms in total. The molecule has 47 heavy (non-hydrogen) atoms. The second kappa shape index (κ2) is 13.9. The Morgan fingerprint density at radius 3 is 2.38 bits per heavy atom. The van der Waals surface area contributed by atoms with Crippen LogP contribution in [0, 0.1) is 0 Å². The van der Waals surface area contributed by atoms with Gasteiger partial charge in [0.05, 0.1) is 11.9 Å². The maximum atomic E-state index is 13.3. The van der Waals surface area contributed by atoms with Crippen molar-refractivity contribution in [1.29, 1.82) is 0 Å². The van der Waals surface area contributed by atoms with Crippen LogP contribution in [0.3, 0.4) is 0 Å². The average molecular weight is 644 g/mol. The van der Waals surface area contributed by atoms with Crippen LogP contribution in [0.2, 0.25) is 0 Å². The quantitative estimate of drug-likeness (QED) is 0.203. The molecule has 0 radical (unpaired) electrons. The van der Waals surface area contributed by atoms with Gasteiger partial charge in [-0.1, -0.05) is 42.5 Å². The smallest absolute Gasteiger partial charge is 0.406 e.